The molecule has 0 aliphatic carbocycles. The fourth-order valence-electron chi connectivity index (χ4n) is 3.54. The first-order chi connectivity index (χ1) is 9.34. The quantitative estimate of drug-likeness (QED) is 0.903. The van der Waals surface area contributed by atoms with Gasteiger partial charge < -0.3 is 9.88 Å². The second kappa shape index (κ2) is 6.10. The van der Waals surface area contributed by atoms with Crippen molar-refractivity contribution in [3.05, 3.63) is 23.5 Å². The summed E-state index contributed by atoms with van der Waals surface area (Å²) in [6.07, 6.45) is 8.20. The Hall–Kier alpha value is -0.800. The molecule has 1 atom stereocenters. The number of hydrogen-bond acceptors (Lipinski definition) is 2. The monoisotopic (exact) mass is 261 g/mol. The molecule has 2 fully saturated rings. The van der Waals surface area contributed by atoms with Gasteiger partial charge in [0, 0.05) is 31.0 Å². The second-order valence-electron chi connectivity index (χ2n) is 6.15. The van der Waals surface area contributed by atoms with Crippen LogP contribution in [-0.4, -0.2) is 29.1 Å². The average Bonchev–Trinajstić information content (AvgIpc) is 2.96. The first-order valence-corrected chi connectivity index (χ1v) is 7.95. The highest BCUT2D eigenvalue weighted by Crippen LogP contribution is 2.25. The van der Waals surface area contributed by atoms with Crippen LogP contribution in [0.2, 0.25) is 0 Å². The van der Waals surface area contributed by atoms with E-state index in [1.54, 1.807) is 0 Å². The van der Waals surface area contributed by atoms with Crippen LogP contribution in [0.1, 0.15) is 56.0 Å². The van der Waals surface area contributed by atoms with Crippen LogP contribution < -0.4 is 5.32 Å². The van der Waals surface area contributed by atoms with Crippen molar-refractivity contribution in [2.75, 3.05) is 19.6 Å². The minimum atomic E-state index is 0.586. The van der Waals surface area contributed by atoms with Gasteiger partial charge in [-0.2, -0.15) is 0 Å². The van der Waals surface area contributed by atoms with Crippen LogP contribution in [0.4, 0.5) is 0 Å². The molecule has 1 aromatic rings. The third-order valence-electron chi connectivity index (χ3n) is 4.77. The number of rotatable bonds is 3. The van der Waals surface area contributed by atoms with Crippen molar-refractivity contribution < 1.29 is 0 Å². The van der Waals surface area contributed by atoms with E-state index in [1.807, 2.05) is 0 Å². The number of nitrogens with one attached hydrogen (secondary N) is 1. The molecule has 3 nitrogen and oxygen atoms in total. The van der Waals surface area contributed by atoms with E-state index in [4.69, 9.17) is 0 Å². The number of nitrogens with zero attached hydrogens (tertiary/aromatic N) is 2. The van der Waals surface area contributed by atoms with Crippen molar-refractivity contribution in [1.82, 2.24) is 14.8 Å². The van der Waals surface area contributed by atoms with Gasteiger partial charge in [-0.3, -0.25) is 4.90 Å². The molecule has 0 radical (unpaired) electrons. The maximum Gasteiger partial charge on any atom is 0.0475 e. The summed E-state index contributed by atoms with van der Waals surface area (Å²) >= 11 is 0. The molecule has 106 valence electrons. The van der Waals surface area contributed by atoms with Gasteiger partial charge in [0.25, 0.3) is 0 Å². The lowest BCUT2D eigenvalue weighted by Crippen LogP contribution is -2.25. The molecule has 0 bridgehead atoms. The first-order valence-electron chi connectivity index (χ1n) is 7.95. The van der Waals surface area contributed by atoms with Crippen molar-refractivity contribution in [3.8, 4) is 0 Å². The molecule has 3 rings (SSSR count). The Morgan fingerprint density at radius 1 is 1.11 bits per heavy atom. The normalized spacial score (nSPS) is 25.6. The van der Waals surface area contributed by atoms with Gasteiger partial charge in [0.1, 0.15) is 0 Å². The molecule has 0 spiro atoms. The van der Waals surface area contributed by atoms with Gasteiger partial charge in [0.05, 0.1) is 0 Å². The minimum Gasteiger partial charge on any atom is -0.349 e. The van der Waals surface area contributed by atoms with E-state index < -0.39 is 0 Å². The predicted molar refractivity (Wildman–Crippen MR) is 79.1 cm³/mol. The zero-order valence-corrected chi connectivity index (χ0v) is 12.2. The van der Waals surface area contributed by atoms with Crippen LogP contribution in [0.15, 0.2) is 12.1 Å². The van der Waals surface area contributed by atoms with Gasteiger partial charge in [-0.25, -0.2) is 0 Å². The SMILES string of the molecule is Cn1c(CN2CCCCCC2)ccc1C1CCCN1. The number of hydrogen-bond donors (Lipinski definition) is 1. The predicted octanol–water partition coefficient (Wildman–Crippen LogP) is 2.83. The number of aromatic nitrogens is 1. The number of likely N-dealkylation sites (tertiary alicyclic amines) is 1. The molecule has 2 aliphatic heterocycles. The summed E-state index contributed by atoms with van der Waals surface area (Å²) in [4.78, 5) is 2.63. The third-order valence-corrected chi connectivity index (χ3v) is 4.77. The molecule has 19 heavy (non-hydrogen) atoms. The van der Waals surface area contributed by atoms with E-state index in [2.05, 4.69) is 34.0 Å². The summed E-state index contributed by atoms with van der Waals surface area (Å²) in [7, 11) is 2.24. The third kappa shape index (κ3) is 3.03. The van der Waals surface area contributed by atoms with Gasteiger partial charge in [0.2, 0.25) is 0 Å². The standard InChI is InChI=1S/C16H27N3/c1-18-14(13-19-11-4-2-3-5-12-19)8-9-16(18)15-7-6-10-17-15/h8-9,15,17H,2-7,10-13H2,1H3. The van der Waals surface area contributed by atoms with Gasteiger partial charge in [-0.1, -0.05) is 12.8 Å². The smallest absolute Gasteiger partial charge is 0.0475 e. The summed E-state index contributed by atoms with van der Waals surface area (Å²) < 4.78 is 2.42. The lowest BCUT2D eigenvalue weighted by molar-refractivity contribution is 0.270. The first kappa shape index (κ1) is 13.2. The molecule has 3 heterocycles. The summed E-state index contributed by atoms with van der Waals surface area (Å²) in [6, 6.07) is 5.25. The summed E-state index contributed by atoms with van der Waals surface area (Å²) in [5, 5.41) is 3.61. The van der Waals surface area contributed by atoms with E-state index in [-0.39, 0.29) is 0 Å². The van der Waals surface area contributed by atoms with Crippen molar-refractivity contribution in [2.45, 2.75) is 51.1 Å². The van der Waals surface area contributed by atoms with Gasteiger partial charge in [0.15, 0.2) is 0 Å². The molecule has 2 saturated heterocycles. The van der Waals surface area contributed by atoms with Gasteiger partial charge in [-0.15, -0.1) is 0 Å². The molecule has 1 aromatic heterocycles. The zero-order valence-electron chi connectivity index (χ0n) is 12.2. The van der Waals surface area contributed by atoms with E-state index in [0.29, 0.717) is 6.04 Å². The molecule has 1 unspecified atom stereocenters. The highest BCUT2D eigenvalue weighted by Gasteiger charge is 2.20. The van der Waals surface area contributed by atoms with E-state index >= 15 is 0 Å². The highest BCUT2D eigenvalue weighted by atomic mass is 15.1. The Kier molecular flexibility index (Phi) is 4.24. The Labute approximate surface area is 117 Å². The van der Waals surface area contributed by atoms with Crippen molar-refractivity contribution in [1.29, 1.82) is 0 Å². The van der Waals surface area contributed by atoms with Crippen LogP contribution in [-0.2, 0) is 13.6 Å². The largest absolute Gasteiger partial charge is 0.349 e. The molecule has 0 amide bonds. The minimum absolute atomic E-state index is 0.586. The Morgan fingerprint density at radius 3 is 2.58 bits per heavy atom. The van der Waals surface area contributed by atoms with Crippen LogP contribution in [0.3, 0.4) is 0 Å². The molecule has 3 heteroatoms. The van der Waals surface area contributed by atoms with E-state index in [9.17, 15) is 0 Å². The average molecular weight is 261 g/mol. The van der Waals surface area contributed by atoms with Gasteiger partial charge in [-0.05, 0) is 57.5 Å². The van der Waals surface area contributed by atoms with E-state index in [0.717, 1.165) is 6.54 Å². The second-order valence-corrected chi connectivity index (χ2v) is 6.15. The summed E-state index contributed by atoms with van der Waals surface area (Å²) in [5.74, 6) is 0. The van der Waals surface area contributed by atoms with Crippen molar-refractivity contribution >= 4 is 0 Å². The summed E-state index contributed by atoms with van der Waals surface area (Å²) in [6.45, 7) is 4.87. The van der Waals surface area contributed by atoms with Crippen LogP contribution >= 0.6 is 0 Å². The topological polar surface area (TPSA) is 20.2 Å². The lowest BCUT2D eigenvalue weighted by atomic mass is 10.2. The van der Waals surface area contributed by atoms with Crippen molar-refractivity contribution in [3.63, 3.8) is 0 Å². The van der Waals surface area contributed by atoms with E-state index in [1.165, 1.54) is 69.5 Å². The maximum absolute atomic E-state index is 3.61. The zero-order chi connectivity index (χ0) is 13.1. The fourth-order valence-corrected chi connectivity index (χ4v) is 3.54. The highest BCUT2D eigenvalue weighted by molar-refractivity contribution is 5.20. The van der Waals surface area contributed by atoms with Gasteiger partial charge >= 0.3 is 0 Å². The fraction of sp³-hybridized carbons (Fsp3) is 0.750. The van der Waals surface area contributed by atoms with Crippen LogP contribution in [0.25, 0.3) is 0 Å². The molecular weight excluding hydrogens is 234 g/mol. The molecule has 1 N–H and O–H groups in total. The summed E-state index contributed by atoms with van der Waals surface area (Å²) in [5.41, 5.74) is 2.95. The Morgan fingerprint density at radius 2 is 1.89 bits per heavy atom. The molecular formula is C16H27N3. The molecule has 2 aliphatic rings. The maximum atomic E-state index is 3.61. The van der Waals surface area contributed by atoms with Crippen molar-refractivity contribution in [2.24, 2.45) is 7.05 Å². The molecule has 0 saturated carbocycles. The van der Waals surface area contributed by atoms with Crippen LogP contribution in [0, 0.1) is 0 Å². The Balaban J connectivity index is 1.67. The van der Waals surface area contributed by atoms with Crippen LogP contribution in [0.5, 0.6) is 0 Å². The Bertz CT molecular complexity index is 396. The molecule has 0 aromatic carbocycles. The lowest BCUT2D eigenvalue weighted by Gasteiger charge is -2.21.